The minimum Gasteiger partial charge on any atom is -0.406 e. The fourth-order valence-corrected chi connectivity index (χ4v) is 2.54. The fraction of sp³-hybridized carbons (Fsp3) is 0.250. The van der Waals surface area contributed by atoms with Crippen molar-refractivity contribution in [2.75, 3.05) is 0 Å². The summed E-state index contributed by atoms with van der Waals surface area (Å²) in [7, 11) is 0. The van der Waals surface area contributed by atoms with Crippen LogP contribution in [0.4, 0.5) is 13.2 Å². The minimum atomic E-state index is -4.66. The van der Waals surface area contributed by atoms with Gasteiger partial charge in [0.15, 0.2) is 0 Å². The molecular formula is C16H14BrF3O. The quantitative estimate of drug-likeness (QED) is 0.640. The Morgan fingerprint density at radius 3 is 2.00 bits per heavy atom. The predicted octanol–water partition coefficient (Wildman–Crippen LogP) is 5.69. The highest BCUT2D eigenvalue weighted by atomic mass is 79.9. The number of benzene rings is 2. The molecule has 0 aliphatic carbocycles. The van der Waals surface area contributed by atoms with Crippen LogP contribution in [0.15, 0.2) is 42.5 Å². The van der Waals surface area contributed by atoms with Crippen LogP contribution in [-0.2, 0) is 0 Å². The minimum absolute atomic E-state index is 0.0725. The Morgan fingerprint density at radius 1 is 0.905 bits per heavy atom. The monoisotopic (exact) mass is 358 g/mol. The first-order valence-electron chi connectivity index (χ1n) is 6.33. The van der Waals surface area contributed by atoms with Gasteiger partial charge in [-0.2, -0.15) is 0 Å². The molecule has 21 heavy (non-hydrogen) atoms. The molecule has 0 fully saturated rings. The maximum absolute atomic E-state index is 12.1. The number of halogens is 4. The van der Waals surface area contributed by atoms with E-state index >= 15 is 0 Å². The van der Waals surface area contributed by atoms with Crippen molar-refractivity contribution in [2.24, 2.45) is 0 Å². The van der Waals surface area contributed by atoms with Crippen LogP contribution in [-0.4, -0.2) is 6.36 Å². The van der Waals surface area contributed by atoms with Crippen molar-refractivity contribution in [3.8, 4) is 5.75 Å². The predicted molar refractivity (Wildman–Crippen MR) is 79.8 cm³/mol. The number of rotatable bonds is 3. The summed E-state index contributed by atoms with van der Waals surface area (Å²) in [4.78, 5) is -0.0725. The van der Waals surface area contributed by atoms with Crippen molar-refractivity contribution in [2.45, 2.75) is 25.0 Å². The molecule has 5 heteroatoms. The lowest BCUT2D eigenvalue weighted by atomic mass is 10.0. The van der Waals surface area contributed by atoms with Crippen molar-refractivity contribution in [3.05, 3.63) is 64.7 Å². The fourth-order valence-electron chi connectivity index (χ4n) is 1.95. The number of ether oxygens (including phenoxy) is 1. The normalized spacial score (nSPS) is 13.0. The molecule has 2 rings (SSSR count). The van der Waals surface area contributed by atoms with Gasteiger partial charge >= 0.3 is 6.36 Å². The molecular weight excluding hydrogens is 345 g/mol. The van der Waals surface area contributed by atoms with E-state index in [-0.39, 0.29) is 10.6 Å². The van der Waals surface area contributed by atoms with E-state index in [4.69, 9.17) is 0 Å². The molecule has 0 radical (unpaired) electrons. The second-order valence-electron chi connectivity index (χ2n) is 4.82. The molecule has 1 atom stereocenters. The molecule has 0 aromatic heterocycles. The van der Waals surface area contributed by atoms with Gasteiger partial charge in [-0.15, -0.1) is 13.2 Å². The molecule has 112 valence electrons. The Labute approximate surface area is 129 Å². The van der Waals surface area contributed by atoms with Gasteiger partial charge in [-0.1, -0.05) is 46.3 Å². The van der Waals surface area contributed by atoms with Gasteiger partial charge in [-0.3, -0.25) is 0 Å². The van der Waals surface area contributed by atoms with Gasteiger partial charge < -0.3 is 4.74 Å². The highest BCUT2D eigenvalue weighted by Crippen LogP contribution is 2.33. The first-order valence-corrected chi connectivity index (χ1v) is 7.25. The third-order valence-corrected chi connectivity index (χ3v) is 4.29. The summed E-state index contributed by atoms with van der Waals surface area (Å²) in [5.74, 6) is -0.217. The lowest BCUT2D eigenvalue weighted by Crippen LogP contribution is -2.17. The average molecular weight is 359 g/mol. The summed E-state index contributed by atoms with van der Waals surface area (Å²) in [5, 5.41) is 0. The van der Waals surface area contributed by atoms with Crippen LogP contribution < -0.4 is 4.74 Å². The van der Waals surface area contributed by atoms with Crippen LogP contribution in [0.2, 0.25) is 0 Å². The van der Waals surface area contributed by atoms with Gasteiger partial charge in [0, 0.05) is 0 Å². The number of hydrogen-bond donors (Lipinski definition) is 0. The zero-order valence-corrected chi connectivity index (χ0v) is 13.1. The van der Waals surface area contributed by atoms with E-state index < -0.39 is 6.36 Å². The zero-order chi connectivity index (χ0) is 15.6. The number of hydrogen-bond acceptors (Lipinski definition) is 1. The van der Waals surface area contributed by atoms with Crippen LogP contribution in [0, 0.1) is 13.8 Å². The SMILES string of the molecule is Cc1ccc(C(Br)c2ccc(OC(F)(F)F)cc2)cc1C. The van der Waals surface area contributed by atoms with Gasteiger partial charge in [-0.25, -0.2) is 0 Å². The molecule has 1 nitrogen and oxygen atoms in total. The largest absolute Gasteiger partial charge is 0.573 e. The molecule has 0 aliphatic rings. The Morgan fingerprint density at radius 2 is 1.48 bits per heavy atom. The standard InChI is InChI=1S/C16H14BrF3O/c1-10-3-4-13(9-11(10)2)15(17)12-5-7-14(8-6-12)21-16(18,19)20/h3-9,15H,1-2H3. The Balaban J connectivity index is 2.19. The van der Waals surface area contributed by atoms with Crippen LogP contribution in [0.5, 0.6) is 5.75 Å². The van der Waals surface area contributed by atoms with Crippen molar-refractivity contribution in [1.82, 2.24) is 0 Å². The van der Waals surface area contributed by atoms with E-state index in [1.807, 2.05) is 26.0 Å². The summed E-state index contributed by atoms with van der Waals surface area (Å²) in [6.07, 6.45) is -4.66. The van der Waals surface area contributed by atoms with Gasteiger partial charge in [0.05, 0.1) is 4.83 Å². The van der Waals surface area contributed by atoms with Crippen LogP contribution in [0.3, 0.4) is 0 Å². The van der Waals surface area contributed by atoms with Crippen molar-refractivity contribution < 1.29 is 17.9 Å². The third-order valence-electron chi connectivity index (χ3n) is 3.23. The van der Waals surface area contributed by atoms with E-state index in [0.717, 1.165) is 11.1 Å². The molecule has 0 saturated heterocycles. The number of aryl methyl sites for hydroxylation is 2. The molecule has 2 aromatic carbocycles. The van der Waals surface area contributed by atoms with E-state index in [0.29, 0.717) is 0 Å². The third kappa shape index (κ3) is 4.24. The molecule has 0 heterocycles. The lowest BCUT2D eigenvalue weighted by molar-refractivity contribution is -0.274. The first kappa shape index (κ1) is 15.9. The lowest BCUT2D eigenvalue weighted by Gasteiger charge is -2.14. The van der Waals surface area contributed by atoms with E-state index in [1.54, 1.807) is 12.1 Å². The van der Waals surface area contributed by atoms with Crippen molar-refractivity contribution in [3.63, 3.8) is 0 Å². The highest BCUT2D eigenvalue weighted by molar-refractivity contribution is 9.09. The molecule has 0 bridgehead atoms. The summed E-state index contributed by atoms with van der Waals surface area (Å²) in [6.45, 7) is 4.06. The van der Waals surface area contributed by atoms with E-state index in [9.17, 15) is 13.2 Å². The summed E-state index contributed by atoms with van der Waals surface area (Å²) in [5.41, 5.74) is 4.30. The second kappa shape index (κ2) is 6.10. The van der Waals surface area contributed by atoms with Crippen LogP contribution >= 0.6 is 15.9 Å². The van der Waals surface area contributed by atoms with Gasteiger partial charge in [-0.05, 0) is 48.2 Å². The van der Waals surface area contributed by atoms with Crippen LogP contribution in [0.25, 0.3) is 0 Å². The average Bonchev–Trinajstić information content (AvgIpc) is 2.40. The topological polar surface area (TPSA) is 9.23 Å². The first-order chi connectivity index (χ1) is 9.76. The van der Waals surface area contributed by atoms with E-state index in [1.165, 1.54) is 23.3 Å². The zero-order valence-electron chi connectivity index (χ0n) is 11.5. The molecule has 0 saturated carbocycles. The van der Waals surface area contributed by atoms with Crippen LogP contribution in [0.1, 0.15) is 27.1 Å². The number of alkyl halides is 4. The van der Waals surface area contributed by atoms with E-state index in [2.05, 4.69) is 26.7 Å². The molecule has 0 amide bonds. The Hall–Kier alpha value is -1.49. The Bertz CT molecular complexity index is 620. The van der Waals surface area contributed by atoms with Gasteiger partial charge in [0.25, 0.3) is 0 Å². The molecule has 0 aliphatic heterocycles. The summed E-state index contributed by atoms with van der Waals surface area (Å²) in [6, 6.07) is 12.0. The second-order valence-corrected chi connectivity index (χ2v) is 5.74. The smallest absolute Gasteiger partial charge is 0.406 e. The van der Waals surface area contributed by atoms with Gasteiger partial charge in [0.2, 0.25) is 0 Å². The highest BCUT2D eigenvalue weighted by Gasteiger charge is 2.31. The van der Waals surface area contributed by atoms with Crippen molar-refractivity contribution >= 4 is 15.9 Å². The molecule has 2 aromatic rings. The summed E-state index contributed by atoms with van der Waals surface area (Å²) < 4.78 is 40.2. The molecule has 0 N–H and O–H groups in total. The molecule has 0 spiro atoms. The van der Waals surface area contributed by atoms with Crippen molar-refractivity contribution in [1.29, 1.82) is 0 Å². The maximum atomic E-state index is 12.1. The molecule has 1 unspecified atom stereocenters. The summed E-state index contributed by atoms with van der Waals surface area (Å²) >= 11 is 3.58. The van der Waals surface area contributed by atoms with Gasteiger partial charge in [0.1, 0.15) is 5.75 Å². The maximum Gasteiger partial charge on any atom is 0.573 e. The Kier molecular flexibility index (Phi) is 4.61.